The maximum absolute atomic E-state index is 11.7. The fourth-order valence-electron chi connectivity index (χ4n) is 8.86. The topological polar surface area (TPSA) is 87.0 Å². The molecule has 0 radical (unpaired) electrons. The number of esters is 1. The Labute approximate surface area is 181 Å². The highest BCUT2D eigenvalue weighted by atomic mass is 16.5. The molecule has 5 nitrogen and oxygen atoms in total. The first-order valence-electron chi connectivity index (χ1n) is 12.2. The first-order valence-corrected chi connectivity index (χ1v) is 12.2. The van der Waals surface area contributed by atoms with Crippen molar-refractivity contribution in [3.05, 3.63) is 0 Å². The smallest absolute Gasteiger partial charge is 0.305 e. The number of aliphatic hydroxyl groups is 3. The maximum atomic E-state index is 11.7. The molecule has 0 aromatic rings. The van der Waals surface area contributed by atoms with Gasteiger partial charge in [0.25, 0.3) is 0 Å². The second-order valence-corrected chi connectivity index (χ2v) is 11.6. The highest BCUT2D eigenvalue weighted by Gasteiger charge is 2.65. The number of hydrogen-bond donors (Lipinski definition) is 3. The van der Waals surface area contributed by atoms with Crippen molar-refractivity contribution in [2.75, 3.05) is 7.11 Å². The van der Waals surface area contributed by atoms with Crippen LogP contribution in [0.3, 0.4) is 0 Å². The molecule has 4 aliphatic carbocycles. The zero-order valence-corrected chi connectivity index (χ0v) is 19.2. The van der Waals surface area contributed by atoms with E-state index in [1.165, 1.54) is 13.5 Å². The minimum Gasteiger partial charge on any atom is -0.469 e. The SMILES string of the molecule is COC(=O)CC[C@@H](C)[C@H]1CC[C@@H]2[C@H]3[C@H](O)[C@@H](O)[C@H]4C[C@H](O)CC[C@]4(C)[C@H]3CC[C@@]21C. The minimum atomic E-state index is -0.732. The molecule has 0 unspecified atom stereocenters. The van der Waals surface area contributed by atoms with Crippen molar-refractivity contribution in [1.82, 2.24) is 0 Å². The summed E-state index contributed by atoms with van der Waals surface area (Å²) in [6.45, 7) is 7.02. The molecule has 4 fully saturated rings. The molecule has 0 aromatic carbocycles. The van der Waals surface area contributed by atoms with E-state index in [1.54, 1.807) is 0 Å². The van der Waals surface area contributed by atoms with Crippen LogP contribution in [-0.2, 0) is 9.53 Å². The first-order chi connectivity index (χ1) is 14.1. The van der Waals surface area contributed by atoms with Crippen LogP contribution < -0.4 is 0 Å². The Morgan fingerprint density at radius 3 is 2.33 bits per heavy atom. The van der Waals surface area contributed by atoms with Crippen LogP contribution in [-0.4, -0.2) is 46.7 Å². The summed E-state index contributed by atoms with van der Waals surface area (Å²) in [5.74, 6) is 1.87. The van der Waals surface area contributed by atoms with Gasteiger partial charge in [0.05, 0.1) is 25.4 Å². The van der Waals surface area contributed by atoms with E-state index in [2.05, 4.69) is 20.8 Å². The Balaban J connectivity index is 1.56. The zero-order chi connectivity index (χ0) is 21.8. The van der Waals surface area contributed by atoms with Crippen LogP contribution in [0, 0.1) is 46.3 Å². The van der Waals surface area contributed by atoms with E-state index in [0.29, 0.717) is 36.5 Å². The molecule has 0 aliphatic heterocycles. The summed E-state index contributed by atoms with van der Waals surface area (Å²) in [5.41, 5.74) is 0.174. The predicted octanol–water partition coefficient (Wildman–Crippen LogP) is 3.54. The molecule has 4 aliphatic rings. The summed E-state index contributed by atoms with van der Waals surface area (Å²) in [4.78, 5) is 11.7. The lowest BCUT2D eigenvalue weighted by Crippen LogP contribution is -2.64. The zero-order valence-electron chi connectivity index (χ0n) is 19.2. The number of hydrogen-bond acceptors (Lipinski definition) is 5. The Morgan fingerprint density at radius 2 is 1.63 bits per heavy atom. The van der Waals surface area contributed by atoms with Gasteiger partial charge in [0.15, 0.2) is 0 Å². The highest BCUT2D eigenvalue weighted by molar-refractivity contribution is 5.69. The van der Waals surface area contributed by atoms with Gasteiger partial charge in [-0.3, -0.25) is 4.79 Å². The van der Waals surface area contributed by atoms with Gasteiger partial charge in [-0.1, -0.05) is 20.8 Å². The molecule has 0 heterocycles. The molecule has 0 bridgehead atoms. The van der Waals surface area contributed by atoms with Gasteiger partial charge < -0.3 is 20.1 Å². The van der Waals surface area contributed by atoms with Crippen molar-refractivity contribution in [3.63, 3.8) is 0 Å². The van der Waals surface area contributed by atoms with Gasteiger partial charge in [0, 0.05) is 6.42 Å². The minimum absolute atomic E-state index is 0.00182. The Hall–Kier alpha value is -0.650. The molecule has 0 aromatic heterocycles. The molecule has 3 N–H and O–H groups in total. The van der Waals surface area contributed by atoms with Gasteiger partial charge in [-0.05, 0) is 97.7 Å². The molecule has 0 spiro atoms. The van der Waals surface area contributed by atoms with Crippen molar-refractivity contribution in [2.45, 2.75) is 96.9 Å². The average Bonchev–Trinajstić information content (AvgIpc) is 3.08. The molecule has 4 rings (SSSR count). The third kappa shape index (κ3) is 3.34. The van der Waals surface area contributed by atoms with Crippen LogP contribution in [0.4, 0.5) is 0 Å². The standard InChI is InChI=1S/C25H42O5/c1-14(5-8-20(27)30-4)16-6-7-17-21-18(10-12-24(16,17)2)25(3)11-9-15(26)13-19(25)22(28)23(21)29/h14-19,21-23,26,28-29H,5-13H2,1-4H3/t14-,15-,16-,17-,18+,19-,21-,22+,23+,24-,25-/m1/s1. The number of rotatable bonds is 4. The number of fused-ring (bicyclic) bond motifs is 5. The largest absolute Gasteiger partial charge is 0.469 e. The second kappa shape index (κ2) is 8.04. The highest BCUT2D eigenvalue weighted by Crippen LogP contribution is 2.68. The van der Waals surface area contributed by atoms with Crippen molar-refractivity contribution in [2.24, 2.45) is 46.3 Å². The van der Waals surface area contributed by atoms with E-state index < -0.39 is 12.2 Å². The lowest BCUT2D eigenvalue weighted by atomic mass is 9.43. The average molecular weight is 423 g/mol. The van der Waals surface area contributed by atoms with Crippen LogP contribution in [0.15, 0.2) is 0 Å². The number of methoxy groups -OCH3 is 1. The number of carbonyl (C=O) groups excluding carboxylic acids is 1. The van der Waals surface area contributed by atoms with E-state index >= 15 is 0 Å². The number of carbonyl (C=O) groups is 1. The molecule has 30 heavy (non-hydrogen) atoms. The molecular formula is C25H42O5. The fourth-order valence-corrected chi connectivity index (χ4v) is 8.86. The van der Waals surface area contributed by atoms with Crippen molar-refractivity contribution >= 4 is 5.97 Å². The van der Waals surface area contributed by atoms with E-state index in [9.17, 15) is 20.1 Å². The van der Waals surface area contributed by atoms with Crippen LogP contribution in [0.25, 0.3) is 0 Å². The molecule has 0 amide bonds. The molecule has 0 saturated heterocycles. The van der Waals surface area contributed by atoms with Crippen LogP contribution in [0.5, 0.6) is 0 Å². The summed E-state index contributed by atoms with van der Waals surface area (Å²) in [7, 11) is 1.45. The lowest BCUT2D eigenvalue weighted by molar-refractivity contribution is -0.223. The summed E-state index contributed by atoms with van der Waals surface area (Å²) in [5, 5.41) is 32.7. The molecule has 172 valence electrons. The van der Waals surface area contributed by atoms with Gasteiger partial charge >= 0.3 is 5.97 Å². The first kappa shape index (κ1) is 22.5. The van der Waals surface area contributed by atoms with E-state index in [-0.39, 0.29) is 34.7 Å². The van der Waals surface area contributed by atoms with Gasteiger partial charge in [-0.15, -0.1) is 0 Å². The summed E-state index contributed by atoms with van der Waals surface area (Å²) < 4.78 is 4.84. The Bertz CT molecular complexity index is 651. The normalized spacial score (nSPS) is 51.4. The van der Waals surface area contributed by atoms with Gasteiger partial charge in [-0.25, -0.2) is 0 Å². The summed E-state index contributed by atoms with van der Waals surface area (Å²) >= 11 is 0. The van der Waals surface area contributed by atoms with Crippen LogP contribution in [0.2, 0.25) is 0 Å². The number of ether oxygens (including phenoxy) is 1. The quantitative estimate of drug-likeness (QED) is 0.603. The van der Waals surface area contributed by atoms with Gasteiger partial charge in [0.1, 0.15) is 0 Å². The predicted molar refractivity (Wildman–Crippen MR) is 114 cm³/mol. The van der Waals surface area contributed by atoms with Crippen LogP contribution in [0.1, 0.15) is 78.6 Å². The molecule has 4 saturated carbocycles. The maximum Gasteiger partial charge on any atom is 0.305 e. The lowest BCUT2D eigenvalue weighted by Gasteiger charge is -2.63. The van der Waals surface area contributed by atoms with Crippen molar-refractivity contribution in [1.29, 1.82) is 0 Å². The van der Waals surface area contributed by atoms with E-state index in [0.717, 1.165) is 38.5 Å². The van der Waals surface area contributed by atoms with Crippen molar-refractivity contribution < 1.29 is 24.9 Å². The Kier molecular flexibility index (Phi) is 6.04. The summed E-state index contributed by atoms with van der Waals surface area (Å²) in [6, 6.07) is 0. The summed E-state index contributed by atoms with van der Waals surface area (Å²) in [6.07, 6.45) is 6.48. The third-order valence-electron chi connectivity index (χ3n) is 10.5. The molecule has 11 atom stereocenters. The fraction of sp³-hybridized carbons (Fsp3) is 0.960. The third-order valence-corrected chi connectivity index (χ3v) is 10.5. The van der Waals surface area contributed by atoms with Crippen molar-refractivity contribution in [3.8, 4) is 0 Å². The van der Waals surface area contributed by atoms with E-state index in [4.69, 9.17) is 4.74 Å². The van der Waals surface area contributed by atoms with E-state index in [1.807, 2.05) is 0 Å². The monoisotopic (exact) mass is 422 g/mol. The second-order valence-electron chi connectivity index (χ2n) is 11.6. The molecular weight excluding hydrogens is 380 g/mol. The van der Waals surface area contributed by atoms with Gasteiger partial charge in [0.2, 0.25) is 0 Å². The Morgan fingerprint density at radius 1 is 0.967 bits per heavy atom. The molecule has 5 heteroatoms. The van der Waals surface area contributed by atoms with Gasteiger partial charge in [-0.2, -0.15) is 0 Å². The van der Waals surface area contributed by atoms with Crippen LogP contribution >= 0.6 is 0 Å². The number of aliphatic hydroxyl groups excluding tert-OH is 3.